The third-order valence-corrected chi connectivity index (χ3v) is 6.81. The van der Waals surface area contributed by atoms with Gasteiger partial charge in [0.2, 0.25) is 0 Å². The molecule has 1 unspecified atom stereocenters. The van der Waals surface area contributed by atoms with Gasteiger partial charge >= 0.3 is 6.61 Å². The standard InChI is InChI=1S/C22H21F3N4O/c23-18-9-22(29-19(18)26)17-7-13(15-10-27-12-28-11-15)1-2-14(17)8-21(22)5-3-16(4-6-21)30-20(24)25/h1-2,7,9-12,16,20H,3-6,8H2,(H2,26,29). The molecule has 1 fully saturated rings. The average Bonchev–Trinajstić information content (AvgIpc) is 3.18. The molecule has 2 N–H and O–H groups in total. The highest BCUT2D eigenvalue weighted by atomic mass is 19.3. The molecule has 0 radical (unpaired) electrons. The van der Waals surface area contributed by atoms with Crippen LogP contribution in [0.15, 0.2) is 53.8 Å². The summed E-state index contributed by atoms with van der Waals surface area (Å²) in [4.78, 5) is 12.8. The zero-order valence-electron chi connectivity index (χ0n) is 16.2. The minimum absolute atomic E-state index is 0.110. The first-order valence-electron chi connectivity index (χ1n) is 9.99. The summed E-state index contributed by atoms with van der Waals surface area (Å²) in [5, 5.41) is 0. The Labute approximate surface area is 171 Å². The first kappa shape index (κ1) is 19.2. The van der Waals surface area contributed by atoms with E-state index in [2.05, 4.69) is 15.0 Å². The Morgan fingerprint density at radius 2 is 1.83 bits per heavy atom. The number of halogens is 3. The summed E-state index contributed by atoms with van der Waals surface area (Å²) < 4.78 is 44.7. The minimum atomic E-state index is -2.79. The summed E-state index contributed by atoms with van der Waals surface area (Å²) in [5.41, 5.74) is 8.29. The van der Waals surface area contributed by atoms with Gasteiger partial charge in [0, 0.05) is 23.4 Å². The lowest BCUT2D eigenvalue weighted by Crippen LogP contribution is -2.44. The van der Waals surface area contributed by atoms with E-state index in [1.165, 1.54) is 12.4 Å². The molecule has 1 atom stereocenters. The maximum atomic E-state index is 14.6. The first-order valence-corrected chi connectivity index (χ1v) is 9.99. The zero-order chi connectivity index (χ0) is 20.9. The molecule has 30 heavy (non-hydrogen) atoms. The summed E-state index contributed by atoms with van der Waals surface area (Å²) in [6.07, 6.45) is 8.78. The van der Waals surface area contributed by atoms with E-state index in [1.54, 1.807) is 12.4 Å². The molecule has 1 aromatic heterocycles. The molecule has 2 heterocycles. The van der Waals surface area contributed by atoms with Crippen LogP contribution in [0.4, 0.5) is 13.2 Å². The van der Waals surface area contributed by atoms with E-state index in [0.717, 1.165) is 22.3 Å². The fourth-order valence-corrected chi connectivity index (χ4v) is 5.42. The van der Waals surface area contributed by atoms with Crippen LogP contribution in [0.3, 0.4) is 0 Å². The van der Waals surface area contributed by atoms with Crippen molar-refractivity contribution in [1.29, 1.82) is 0 Å². The normalized spacial score (nSPS) is 30.1. The fourth-order valence-electron chi connectivity index (χ4n) is 5.42. The molecule has 1 aliphatic heterocycles. The lowest BCUT2D eigenvalue weighted by atomic mass is 9.62. The lowest BCUT2D eigenvalue weighted by Gasteiger charge is -2.45. The fraction of sp³-hybridized carbons (Fsp3) is 0.409. The number of ether oxygens (including phenoxy) is 1. The van der Waals surface area contributed by atoms with Gasteiger partial charge in [-0.15, -0.1) is 0 Å². The van der Waals surface area contributed by atoms with Crippen LogP contribution < -0.4 is 5.73 Å². The number of fused-ring (bicyclic) bond motifs is 3. The van der Waals surface area contributed by atoms with Crippen molar-refractivity contribution in [2.24, 2.45) is 16.1 Å². The molecular weight excluding hydrogens is 393 g/mol. The maximum absolute atomic E-state index is 14.6. The van der Waals surface area contributed by atoms with Gasteiger partial charge in [0.05, 0.1) is 6.10 Å². The molecular formula is C22H21F3N4O. The number of nitrogens with two attached hydrogens (primary N) is 1. The van der Waals surface area contributed by atoms with Crippen LogP contribution >= 0.6 is 0 Å². The van der Waals surface area contributed by atoms with E-state index in [9.17, 15) is 13.2 Å². The average molecular weight is 414 g/mol. The molecule has 156 valence electrons. The molecule has 2 spiro atoms. The number of aliphatic imine (C=N–C) groups is 1. The SMILES string of the molecule is NC1=NC2(C=C1F)c1cc(-c3cncnc3)ccc1CC21CCC(OC(F)F)CC1. The Balaban J connectivity index is 1.58. The van der Waals surface area contributed by atoms with Crippen LogP contribution in [0.5, 0.6) is 0 Å². The van der Waals surface area contributed by atoms with Crippen molar-refractivity contribution in [3.8, 4) is 11.1 Å². The summed E-state index contributed by atoms with van der Waals surface area (Å²) in [6.45, 7) is -2.79. The summed E-state index contributed by atoms with van der Waals surface area (Å²) in [6, 6.07) is 6.04. The highest BCUT2D eigenvalue weighted by Crippen LogP contribution is 2.62. The lowest BCUT2D eigenvalue weighted by molar-refractivity contribution is -0.176. The molecule has 2 aromatic rings. The van der Waals surface area contributed by atoms with E-state index in [1.807, 2.05) is 18.2 Å². The van der Waals surface area contributed by atoms with Crippen molar-refractivity contribution >= 4 is 5.84 Å². The van der Waals surface area contributed by atoms with Crippen molar-refractivity contribution in [3.63, 3.8) is 0 Å². The molecule has 5 nitrogen and oxygen atoms in total. The molecule has 0 saturated heterocycles. The molecule has 1 saturated carbocycles. The molecule has 2 aliphatic carbocycles. The number of hydrogen-bond acceptors (Lipinski definition) is 5. The van der Waals surface area contributed by atoms with Crippen LogP contribution in [0.2, 0.25) is 0 Å². The second-order valence-corrected chi connectivity index (χ2v) is 8.31. The quantitative estimate of drug-likeness (QED) is 0.813. The number of benzene rings is 1. The second kappa shape index (κ2) is 6.91. The Hall–Kier alpha value is -2.74. The number of aromatic nitrogens is 2. The summed E-state index contributed by atoms with van der Waals surface area (Å²) in [7, 11) is 0. The number of rotatable bonds is 3. The summed E-state index contributed by atoms with van der Waals surface area (Å²) >= 11 is 0. The predicted molar refractivity (Wildman–Crippen MR) is 105 cm³/mol. The van der Waals surface area contributed by atoms with Gasteiger partial charge in [0.1, 0.15) is 11.9 Å². The van der Waals surface area contributed by atoms with Gasteiger partial charge in [-0.1, -0.05) is 12.1 Å². The largest absolute Gasteiger partial charge is 0.382 e. The van der Waals surface area contributed by atoms with Gasteiger partial charge in [-0.3, -0.25) is 0 Å². The van der Waals surface area contributed by atoms with Gasteiger partial charge in [-0.2, -0.15) is 8.78 Å². The van der Waals surface area contributed by atoms with Crippen molar-refractivity contribution in [1.82, 2.24) is 9.97 Å². The minimum Gasteiger partial charge on any atom is -0.382 e. The van der Waals surface area contributed by atoms with Crippen LogP contribution in [-0.2, 0) is 16.7 Å². The van der Waals surface area contributed by atoms with Crippen LogP contribution in [-0.4, -0.2) is 28.5 Å². The number of alkyl halides is 2. The third-order valence-electron chi connectivity index (χ3n) is 6.81. The van der Waals surface area contributed by atoms with E-state index in [0.29, 0.717) is 32.1 Å². The van der Waals surface area contributed by atoms with E-state index in [-0.39, 0.29) is 5.84 Å². The van der Waals surface area contributed by atoms with Gasteiger partial charge < -0.3 is 10.5 Å². The maximum Gasteiger partial charge on any atom is 0.345 e. The predicted octanol–water partition coefficient (Wildman–Crippen LogP) is 4.29. The summed E-state index contributed by atoms with van der Waals surface area (Å²) in [5.74, 6) is -0.636. The molecule has 0 bridgehead atoms. The van der Waals surface area contributed by atoms with Crippen molar-refractivity contribution in [2.75, 3.05) is 0 Å². The molecule has 1 aromatic carbocycles. The van der Waals surface area contributed by atoms with Crippen molar-refractivity contribution < 1.29 is 17.9 Å². The highest BCUT2D eigenvalue weighted by Gasteiger charge is 2.59. The van der Waals surface area contributed by atoms with Gasteiger partial charge in [-0.25, -0.2) is 19.4 Å². The molecule has 8 heteroatoms. The van der Waals surface area contributed by atoms with Crippen LogP contribution in [0.1, 0.15) is 36.8 Å². The van der Waals surface area contributed by atoms with Crippen LogP contribution in [0, 0.1) is 5.41 Å². The monoisotopic (exact) mass is 414 g/mol. The van der Waals surface area contributed by atoms with Gasteiger partial charge in [0.25, 0.3) is 0 Å². The third kappa shape index (κ3) is 2.85. The van der Waals surface area contributed by atoms with Crippen molar-refractivity contribution in [2.45, 2.75) is 50.4 Å². The van der Waals surface area contributed by atoms with E-state index in [4.69, 9.17) is 10.5 Å². The topological polar surface area (TPSA) is 73.4 Å². The zero-order valence-corrected chi connectivity index (χ0v) is 16.2. The van der Waals surface area contributed by atoms with Crippen molar-refractivity contribution in [3.05, 3.63) is 59.9 Å². The van der Waals surface area contributed by atoms with E-state index >= 15 is 0 Å². The molecule has 5 rings (SSSR count). The Morgan fingerprint density at radius 1 is 1.10 bits per heavy atom. The Kier molecular flexibility index (Phi) is 4.43. The Bertz CT molecular complexity index is 1010. The number of amidine groups is 1. The van der Waals surface area contributed by atoms with E-state index < -0.39 is 29.5 Å². The van der Waals surface area contributed by atoms with Gasteiger partial charge in [-0.05, 0) is 60.9 Å². The molecule has 0 amide bonds. The smallest absolute Gasteiger partial charge is 0.345 e. The Morgan fingerprint density at radius 3 is 2.47 bits per heavy atom. The van der Waals surface area contributed by atoms with Gasteiger partial charge in [0.15, 0.2) is 11.7 Å². The molecule has 3 aliphatic rings. The number of nitrogens with zero attached hydrogens (tertiary/aromatic N) is 3. The number of hydrogen-bond donors (Lipinski definition) is 1. The second-order valence-electron chi connectivity index (χ2n) is 8.31. The van der Waals surface area contributed by atoms with Crippen LogP contribution in [0.25, 0.3) is 11.1 Å². The highest BCUT2D eigenvalue weighted by molar-refractivity contribution is 5.98. The first-order chi connectivity index (χ1) is 14.4.